The van der Waals surface area contributed by atoms with Crippen LogP contribution in [-0.4, -0.2) is 19.1 Å². The van der Waals surface area contributed by atoms with Crippen LogP contribution in [0, 0.1) is 0 Å². The number of hydrogen-bond donors (Lipinski definition) is 1. The van der Waals surface area contributed by atoms with Crippen molar-refractivity contribution < 1.29 is 27.5 Å². The number of carbonyl (C=O) groups excluding carboxylic acids is 1. The Morgan fingerprint density at radius 2 is 1.83 bits per heavy atom. The first kappa shape index (κ1) is 18.3. The molecule has 0 radical (unpaired) electrons. The molecule has 0 saturated carbocycles. The second kappa shape index (κ2) is 8.16. The number of halogens is 4. The number of ether oxygens (including phenoxy) is 1. The van der Waals surface area contributed by atoms with Crippen molar-refractivity contribution in [3.05, 3.63) is 64.1 Å². The van der Waals surface area contributed by atoms with E-state index in [1.165, 1.54) is 6.07 Å². The average molecular weight is 404 g/mol. The molecule has 2 rings (SSSR count). The molecule has 128 valence electrons. The fraction of sp³-hybridized carbons (Fsp3) is 0.188. The van der Waals surface area contributed by atoms with Gasteiger partial charge in [-0.25, -0.2) is 5.48 Å². The van der Waals surface area contributed by atoms with E-state index in [0.717, 1.165) is 22.7 Å². The summed E-state index contributed by atoms with van der Waals surface area (Å²) in [5.41, 5.74) is 1.04. The summed E-state index contributed by atoms with van der Waals surface area (Å²) in [6, 6.07) is 11.3. The van der Waals surface area contributed by atoms with Gasteiger partial charge in [0.05, 0.1) is 5.56 Å². The monoisotopic (exact) mass is 403 g/mol. The highest BCUT2D eigenvalue weighted by Gasteiger charge is 2.30. The van der Waals surface area contributed by atoms with Crippen LogP contribution < -0.4 is 10.2 Å². The topological polar surface area (TPSA) is 47.6 Å². The van der Waals surface area contributed by atoms with Crippen molar-refractivity contribution in [3.63, 3.8) is 0 Å². The predicted molar refractivity (Wildman–Crippen MR) is 84.5 cm³/mol. The molecule has 0 spiro atoms. The quantitative estimate of drug-likeness (QED) is 0.580. The van der Waals surface area contributed by atoms with Gasteiger partial charge in [0, 0.05) is 10.0 Å². The number of carbonyl (C=O) groups is 1. The van der Waals surface area contributed by atoms with E-state index in [1.54, 1.807) is 18.2 Å². The molecule has 0 bridgehead atoms. The van der Waals surface area contributed by atoms with Gasteiger partial charge in [-0.15, -0.1) is 0 Å². The van der Waals surface area contributed by atoms with Crippen molar-refractivity contribution in [2.75, 3.05) is 13.2 Å². The van der Waals surface area contributed by atoms with Gasteiger partial charge < -0.3 is 4.74 Å². The zero-order chi connectivity index (χ0) is 17.6. The highest BCUT2D eigenvalue weighted by Crippen LogP contribution is 2.29. The molecule has 0 atom stereocenters. The van der Waals surface area contributed by atoms with E-state index < -0.39 is 17.6 Å². The first-order chi connectivity index (χ1) is 11.4. The van der Waals surface area contributed by atoms with Crippen LogP contribution in [0.4, 0.5) is 13.2 Å². The predicted octanol–water partition coefficient (Wildman–Crippen LogP) is 4.21. The van der Waals surface area contributed by atoms with Crippen LogP contribution in [0.25, 0.3) is 0 Å². The molecule has 0 saturated heterocycles. The molecule has 24 heavy (non-hydrogen) atoms. The Morgan fingerprint density at radius 1 is 1.08 bits per heavy atom. The maximum absolute atomic E-state index is 12.6. The highest BCUT2D eigenvalue weighted by molar-refractivity contribution is 9.10. The molecular weight excluding hydrogens is 391 g/mol. The first-order valence-electron chi connectivity index (χ1n) is 6.84. The van der Waals surface area contributed by atoms with Crippen LogP contribution in [0.2, 0.25) is 0 Å². The van der Waals surface area contributed by atoms with E-state index in [-0.39, 0.29) is 18.8 Å². The Bertz CT molecular complexity index is 707. The number of alkyl halides is 3. The molecule has 1 N–H and O–H groups in total. The van der Waals surface area contributed by atoms with E-state index in [1.807, 2.05) is 6.07 Å². The lowest BCUT2D eigenvalue weighted by atomic mass is 10.1. The van der Waals surface area contributed by atoms with Crippen molar-refractivity contribution in [3.8, 4) is 5.75 Å². The van der Waals surface area contributed by atoms with Gasteiger partial charge in [0.1, 0.15) is 19.0 Å². The Morgan fingerprint density at radius 3 is 2.54 bits per heavy atom. The molecular formula is C16H13BrF3NO3. The van der Waals surface area contributed by atoms with Gasteiger partial charge >= 0.3 is 6.18 Å². The number of nitrogens with one attached hydrogen (secondary N) is 1. The van der Waals surface area contributed by atoms with Gasteiger partial charge in [-0.05, 0) is 36.4 Å². The van der Waals surface area contributed by atoms with Gasteiger partial charge in [-0.2, -0.15) is 13.2 Å². The second-order valence-corrected chi connectivity index (χ2v) is 5.58. The minimum Gasteiger partial charge on any atom is -0.491 e. The lowest BCUT2D eigenvalue weighted by Crippen LogP contribution is -2.26. The summed E-state index contributed by atoms with van der Waals surface area (Å²) >= 11 is 3.30. The van der Waals surface area contributed by atoms with Crippen LogP contribution in [0.5, 0.6) is 5.75 Å². The molecule has 0 aliphatic carbocycles. The Balaban J connectivity index is 1.77. The molecule has 2 aromatic carbocycles. The summed E-state index contributed by atoms with van der Waals surface area (Å²) in [7, 11) is 0. The van der Waals surface area contributed by atoms with E-state index in [4.69, 9.17) is 9.57 Å². The minimum absolute atomic E-state index is 0.0389. The van der Waals surface area contributed by atoms with Crippen molar-refractivity contribution >= 4 is 21.8 Å². The van der Waals surface area contributed by atoms with Crippen LogP contribution in [0.1, 0.15) is 15.9 Å². The van der Waals surface area contributed by atoms with Crippen molar-refractivity contribution in [2.45, 2.75) is 6.18 Å². The van der Waals surface area contributed by atoms with Crippen LogP contribution in [-0.2, 0) is 11.0 Å². The average Bonchev–Trinajstić information content (AvgIpc) is 2.54. The highest BCUT2D eigenvalue weighted by atomic mass is 79.9. The van der Waals surface area contributed by atoms with E-state index in [9.17, 15) is 18.0 Å². The first-order valence-corrected chi connectivity index (χ1v) is 7.63. The number of rotatable bonds is 6. The molecule has 8 heteroatoms. The molecule has 2 aromatic rings. The van der Waals surface area contributed by atoms with E-state index in [0.29, 0.717) is 5.75 Å². The summed E-state index contributed by atoms with van der Waals surface area (Å²) in [5, 5.41) is 0. The SMILES string of the molecule is O=C(NOCCOc1cccc(Br)c1)c1cccc(C(F)(F)F)c1. The van der Waals surface area contributed by atoms with Crippen LogP contribution >= 0.6 is 15.9 Å². The Hall–Kier alpha value is -2.06. The van der Waals surface area contributed by atoms with Gasteiger partial charge in [0.2, 0.25) is 0 Å². The van der Waals surface area contributed by atoms with Gasteiger partial charge in [-0.1, -0.05) is 28.1 Å². The molecule has 0 aliphatic heterocycles. The van der Waals surface area contributed by atoms with Gasteiger partial charge in [0.25, 0.3) is 5.91 Å². The summed E-state index contributed by atoms with van der Waals surface area (Å²) < 4.78 is 44.0. The zero-order valence-corrected chi connectivity index (χ0v) is 13.9. The molecule has 0 aromatic heterocycles. The number of amides is 1. The van der Waals surface area contributed by atoms with Crippen molar-refractivity contribution in [2.24, 2.45) is 0 Å². The second-order valence-electron chi connectivity index (χ2n) is 4.66. The number of hydrogen-bond acceptors (Lipinski definition) is 3. The smallest absolute Gasteiger partial charge is 0.416 e. The van der Waals surface area contributed by atoms with E-state index in [2.05, 4.69) is 21.4 Å². The maximum atomic E-state index is 12.6. The third kappa shape index (κ3) is 5.54. The Labute approximate surface area is 144 Å². The van der Waals surface area contributed by atoms with Crippen molar-refractivity contribution in [1.82, 2.24) is 5.48 Å². The minimum atomic E-state index is -4.51. The lowest BCUT2D eigenvalue weighted by molar-refractivity contribution is -0.137. The van der Waals surface area contributed by atoms with Crippen LogP contribution in [0.15, 0.2) is 53.0 Å². The molecule has 1 amide bonds. The third-order valence-electron chi connectivity index (χ3n) is 2.87. The number of hydroxylamine groups is 1. The summed E-state index contributed by atoms with van der Waals surface area (Å²) in [6.07, 6.45) is -4.51. The van der Waals surface area contributed by atoms with Crippen LogP contribution in [0.3, 0.4) is 0 Å². The molecule has 0 unspecified atom stereocenters. The largest absolute Gasteiger partial charge is 0.491 e. The molecule has 4 nitrogen and oxygen atoms in total. The van der Waals surface area contributed by atoms with E-state index >= 15 is 0 Å². The van der Waals surface area contributed by atoms with Gasteiger partial charge in [-0.3, -0.25) is 9.63 Å². The number of benzene rings is 2. The molecule has 0 aliphatic rings. The summed E-state index contributed by atoms with van der Waals surface area (Å²) in [6.45, 7) is 0.205. The summed E-state index contributed by atoms with van der Waals surface area (Å²) in [5.74, 6) is -0.138. The molecule has 0 heterocycles. The summed E-state index contributed by atoms with van der Waals surface area (Å²) in [4.78, 5) is 16.7. The standard InChI is InChI=1S/C16H13BrF3NO3/c17-13-5-2-6-14(10-13)23-7-8-24-21-15(22)11-3-1-4-12(9-11)16(18,19)20/h1-6,9-10H,7-8H2,(H,21,22). The zero-order valence-electron chi connectivity index (χ0n) is 12.3. The van der Waals surface area contributed by atoms with Gasteiger partial charge in [0.15, 0.2) is 0 Å². The molecule has 0 fully saturated rings. The fourth-order valence-corrected chi connectivity index (χ4v) is 2.15. The maximum Gasteiger partial charge on any atom is 0.416 e. The Kier molecular flexibility index (Phi) is 6.22. The normalized spacial score (nSPS) is 11.2. The third-order valence-corrected chi connectivity index (χ3v) is 3.36. The van der Waals surface area contributed by atoms with Crippen molar-refractivity contribution in [1.29, 1.82) is 0 Å². The lowest BCUT2D eigenvalue weighted by Gasteiger charge is -2.10. The fourth-order valence-electron chi connectivity index (χ4n) is 1.77.